The first-order valence-corrected chi connectivity index (χ1v) is 14.7. The minimum Gasteiger partial charge on any atom is -0.496 e. The molecule has 0 saturated carbocycles. The van der Waals surface area contributed by atoms with E-state index in [0.29, 0.717) is 46.7 Å². The van der Waals surface area contributed by atoms with Gasteiger partial charge in [-0.1, -0.05) is 18.2 Å². The fourth-order valence-corrected chi connectivity index (χ4v) is 5.57. The van der Waals surface area contributed by atoms with Gasteiger partial charge in [-0.3, -0.25) is 14.4 Å². The Balaban J connectivity index is 1.37. The van der Waals surface area contributed by atoms with Gasteiger partial charge in [0.2, 0.25) is 0 Å². The summed E-state index contributed by atoms with van der Waals surface area (Å²) < 4.78 is 32.3. The highest BCUT2D eigenvalue weighted by Crippen LogP contribution is 2.33. The number of rotatable bonds is 2. The second-order valence-corrected chi connectivity index (χ2v) is 11.0. The number of hydrogen-bond acceptors (Lipinski definition) is 8. The Bertz CT molecular complexity index is 1800. The summed E-state index contributed by atoms with van der Waals surface area (Å²) in [5.74, 6) is -0.273. The molecule has 2 aliphatic heterocycles. The number of nitrogen functional groups attached to an aromatic ring is 1. The molecule has 236 valence electrons. The molecule has 3 amide bonds. The molecule has 1 saturated heterocycles. The van der Waals surface area contributed by atoms with Crippen LogP contribution in [0.5, 0.6) is 17.2 Å². The molecule has 1 aromatic heterocycles. The summed E-state index contributed by atoms with van der Waals surface area (Å²) in [4.78, 5) is 45.5. The van der Waals surface area contributed by atoms with Crippen LogP contribution in [0, 0.1) is 5.82 Å². The van der Waals surface area contributed by atoms with E-state index in [4.69, 9.17) is 19.9 Å². The number of anilines is 1. The van der Waals surface area contributed by atoms with Crippen LogP contribution < -0.4 is 30.6 Å². The van der Waals surface area contributed by atoms with E-state index < -0.39 is 29.8 Å². The molecular weight excluding hydrogens is 593 g/mol. The monoisotopic (exact) mass is 625 g/mol. The largest absolute Gasteiger partial charge is 0.496 e. The number of carbonyl (C=O) groups is 3. The van der Waals surface area contributed by atoms with Crippen molar-refractivity contribution in [2.75, 3.05) is 32.5 Å². The van der Waals surface area contributed by atoms with Gasteiger partial charge in [-0.05, 0) is 65.7 Å². The van der Waals surface area contributed by atoms with Crippen LogP contribution in [0.3, 0.4) is 0 Å². The van der Waals surface area contributed by atoms with Crippen molar-refractivity contribution in [3.8, 4) is 28.4 Å². The highest BCUT2D eigenvalue weighted by molar-refractivity contribution is 5.97. The molecule has 2 aliphatic rings. The summed E-state index contributed by atoms with van der Waals surface area (Å²) in [6, 6.07) is 20.4. The summed E-state index contributed by atoms with van der Waals surface area (Å²) in [6.07, 6.45) is -0.282. The minimum atomic E-state index is -0.679. The fourth-order valence-electron chi connectivity index (χ4n) is 5.57. The predicted molar refractivity (Wildman–Crippen MR) is 167 cm³/mol. The number of hydrogen-bond donors (Lipinski definition) is 3. The Morgan fingerprint density at radius 2 is 1.87 bits per heavy atom. The van der Waals surface area contributed by atoms with Crippen LogP contribution in [0.2, 0.25) is 0 Å². The molecule has 0 unspecified atom stereocenters. The third-order valence-electron chi connectivity index (χ3n) is 7.83. The lowest BCUT2D eigenvalue weighted by atomic mass is 9.99. The van der Waals surface area contributed by atoms with E-state index in [1.54, 1.807) is 65.6 Å². The zero-order chi connectivity index (χ0) is 32.2. The topological polar surface area (TPSA) is 145 Å². The van der Waals surface area contributed by atoms with Gasteiger partial charge < -0.3 is 35.5 Å². The van der Waals surface area contributed by atoms with Gasteiger partial charge in [0.1, 0.15) is 40.7 Å². The standard InChI is InChI=1S/C34H32FN5O6/c1-44-29-9-8-22-15-26(29)21-4-2-5-24(14-21)45-19-32(41)37-17-20-12-23(35)16-25(13-20)46-30-10-11-40(18-28(30)39-33(22)42)34(43)27-6-3-7-31(36)38-27/h2-9,12-16,28,30H,10-11,17-19H2,1H3,(H2,36,38)(H,37,41)(H,39,42)/t28-,30-/m1/s1. The van der Waals surface area contributed by atoms with E-state index in [1.807, 2.05) is 6.07 Å². The number of fused-ring (bicyclic) bond motifs is 8. The molecule has 3 aromatic carbocycles. The zero-order valence-corrected chi connectivity index (χ0v) is 25.0. The molecule has 12 heteroatoms. The summed E-state index contributed by atoms with van der Waals surface area (Å²) in [5, 5.41) is 5.78. The maximum Gasteiger partial charge on any atom is 0.272 e. The van der Waals surface area contributed by atoms with Crippen LogP contribution in [0.1, 0.15) is 32.8 Å². The Labute approximate surface area is 264 Å². The Morgan fingerprint density at radius 3 is 2.70 bits per heavy atom. The molecular formula is C34H32FN5O6. The van der Waals surface area contributed by atoms with Crippen molar-refractivity contribution in [1.29, 1.82) is 0 Å². The van der Waals surface area contributed by atoms with Gasteiger partial charge in [0.05, 0.1) is 13.2 Å². The van der Waals surface area contributed by atoms with Gasteiger partial charge in [0, 0.05) is 43.2 Å². The molecule has 4 aromatic rings. The lowest BCUT2D eigenvalue weighted by Crippen LogP contribution is -2.58. The number of amides is 3. The fraction of sp³-hybridized carbons (Fsp3) is 0.235. The van der Waals surface area contributed by atoms with E-state index in [-0.39, 0.29) is 42.9 Å². The highest BCUT2D eigenvalue weighted by atomic mass is 19.1. The minimum absolute atomic E-state index is 0.0414. The Hall–Kier alpha value is -5.65. The molecule has 6 rings (SSSR count). The van der Waals surface area contributed by atoms with Gasteiger partial charge in [-0.15, -0.1) is 0 Å². The number of benzene rings is 3. The molecule has 1 fully saturated rings. The van der Waals surface area contributed by atoms with Crippen molar-refractivity contribution in [2.45, 2.75) is 25.1 Å². The SMILES string of the molecule is COc1ccc2cc1-c1cccc(c1)OCC(=O)NCc1cc(F)cc(c1)O[C@@H]1CCN(C(=O)c3cccc(N)n3)C[C@H]1NC2=O. The predicted octanol–water partition coefficient (Wildman–Crippen LogP) is 3.58. The van der Waals surface area contributed by atoms with Gasteiger partial charge in [0.15, 0.2) is 6.61 Å². The number of likely N-dealkylation sites (tertiary alicyclic amines) is 1. The number of nitrogens with zero attached hydrogens (tertiary/aromatic N) is 2. The van der Waals surface area contributed by atoms with Crippen molar-refractivity contribution in [3.05, 3.63) is 102 Å². The molecule has 6 bridgehead atoms. The second-order valence-electron chi connectivity index (χ2n) is 11.0. The molecule has 46 heavy (non-hydrogen) atoms. The molecule has 0 radical (unpaired) electrons. The summed E-state index contributed by atoms with van der Waals surface area (Å²) in [7, 11) is 1.53. The van der Waals surface area contributed by atoms with E-state index in [0.717, 1.165) is 0 Å². The number of nitrogens with one attached hydrogen (secondary N) is 2. The lowest BCUT2D eigenvalue weighted by Gasteiger charge is -2.38. The van der Waals surface area contributed by atoms with Crippen LogP contribution in [-0.2, 0) is 11.3 Å². The number of carbonyl (C=O) groups excluding carboxylic acids is 3. The molecule has 11 nitrogen and oxygen atoms in total. The molecule has 4 N–H and O–H groups in total. The van der Waals surface area contributed by atoms with Crippen LogP contribution >= 0.6 is 0 Å². The Kier molecular flexibility index (Phi) is 8.68. The lowest BCUT2D eigenvalue weighted by molar-refractivity contribution is -0.123. The highest BCUT2D eigenvalue weighted by Gasteiger charge is 2.35. The number of halogens is 1. The van der Waals surface area contributed by atoms with Crippen LogP contribution in [0.25, 0.3) is 11.1 Å². The molecule has 2 atom stereocenters. The van der Waals surface area contributed by atoms with Crippen molar-refractivity contribution < 1.29 is 33.0 Å². The normalized spacial score (nSPS) is 18.3. The van der Waals surface area contributed by atoms with Gasteiger partial charge in [0.25, 0.3) is 17.7 Å². The second kappa shape index (κ2) is 13.1. The number of aromatic nitrogens is 1. The van der Waals surface area contributed by atoms with Gasteiger partial charge in [-0.2, -0.15) is 0 Å². The maximum atomic E-state index is 14.7. The summed E-state index contributed by atoms with van der Waals surface area (Å²) >= 11 is 0. The average Bonchev–Trinajstić information content (AvgIpc) is 3.06. The third kappa shape index (κ3) is 6.85. The van der Waals surface area contributed by atoms with Crippen LogP contribution in [-0.4, -0.2) is 66.6 Å². The smallest absolute Gasteiger partial charge is 0.272 e. The molecule has 3 heterocycles. The Morgan fingerprint density at radius 1 is 1.02 bits per heavy atom. The quantitative estimate of drug-likeness (QED) is 0.307. The van der Waals surface area contributed by atoms with E-state index >= 15 is 0 Å². The average molecular weight is 626 g/mol. The van der Waals surface area contributed by atoms with E-state index in [2.05, 4.69) is 15.6 Å². The summed E-state index contributed by atoms with van der Waals surface area (Å²) in [5.41, 5.74) is 8.16. The first-order chi connectivity index (χ1) is 22.2. The van der Waals surface area contributed by atoms with E-state index in [1.165, 1.54) is 19.2 Å². The van der Waals surface area contributed by atoms with Crippen LogP contribution in [0.4, 0.5) is 10.2 Å². The van der Waals surface area contributed by atoms with Crippen molar-refractivity contribution in [3.63, 3.8) is 0 Å². The van der Waals surface area contributed by atoms with Gasteiger partial charge in [-0.25, -0.2) is 9.37 Å². The first kappa shape index (κ1) is 30.4. The van der Waals surface area contributed by atoms with Crippen LogP contribution in [0.15, 0.2) is 78.9 Å². The number of piperidine rings is 1. The molecule has 0 spiro atoms. The third-order valence-corrected chi connectivity index (χ3v) is 7.83. The number of ether oxygens (including phenoxy) is 3. The number of pyridine rings is 1. The maximum absolute atomic E-state index is 14.7. The van der Waals surface area contributed by atoms with E-state index in [9.17, 15) is 18.8 Å². The van der Waals surface area contributed by atoms with Crippen molar-refractivity contribution >= 4 is 23.5 Å². The molecule has 0 aliphatic carbocycles. The zero-order valence-electron chi connectivity index (χ0n) is 25.0. The van der Waals surface area contributed by atoms with Crippen molar-refractivity contribution in [2.24, 2.45) is 0 Å². The number of methoxy groups -OCH3 is 1. The first-order valence-electron chi connectivity index (χ1n) is 14.7. The van der Waals surface area contributed by atoms with Gasteiger partial charge >= 0.3 is 0 Å². The number of nitrogens with two attached hydrogens (primary N) is 1. The summed E-state index contributed by atoms with van der Waals surface area (Å²) in [6.45, 7) is 0.186. The van der Waals surface area contributed by atoms with Crippen molar-refractivity contribution in [1.82, 2.24) is 20.5 Å².